The minimum Gasteiger partial charge on any atom is -0.374 e. The highest BCUT2D eigenvalue weighted by molar-refractivity contribution is 6.30. The third-order valence-corrected chi connectivity index (χ3v) is 3.18. The molecule has 0 aromatic heterocycles. The molecule has 0 spiro atoms. The van der Waals surface area contributed by atoms with Crippen molar-refractivity contribution in [3.05, 3.63) is 65.2 Å². The average molecular weight is 289 g/mol. The molecule has 0 heterocycles. The number of carbonyl (C=O) groups excluding carboxylic acids is 1. The van der Waals surface area contributed by atoms with E-state index in [9.17, 15) is 4.79 Å². The first kappa shape index (κ1) is 14.4. The molecule has 0 saturated carbocycles. The first-order valence-corrected chi connectivity index (χ1v) is 6.86. The van der Waals surface area contributed by atoms with Crippen molar-refractivity contribution in [2.24, 2.45) is 0 Å². The van der Waals surface area contributed by atoms with E-state index < -0.39 is 0 Å². The van der Waals surface area contributed by atoms with Gasteiger partial charge in [-0.3, -0.25) is 4.79 Å². The Labute approximate surface area is 124 Å². The summed E-state index contributed by atoms with van der Waals surface area (Å²) in [5.74, 6) is -0.0381. The number of benzene rings is 2. The lowest BCUT2D eigenvalue weighted by Gasteiger charge is -2.15. The van der Waals surface area contributed by atoms with Crippen LogP contribution in [-0.2, 0) is 11.3 Å². The fraction of sp³-hybridized carbons (Fsp3) is 0.188. The van der Waals surface area contributed by atoms with Crippen molar-refractivity contribution in [3.63, 3.8) is 0 Å². The Morgan fingerprint density at radius 2 is 1.75 bits per heavy atom. The molecule has 0 aliphatic heterocycles. The zero-order valence-electron chi connectivity index (χ0n) is 11.3. The van der Waals surface area contributed by atoms with E-state index in [2.05, 4.69) is 10.6 Å². The summed E-state index contributed by atoms with van der Waals surface area (Å²) in [6.07, 6.45) is 0. The van der Waals surface area contributed by atoms with Crippen LogP contribution in [0.4, 0.5) is 5.69 Å². The van der Waals surface area contributed by atoms with Crippen LogP contribution >= 0.6 is 11.6 Å². The summed E-state index contributed by atoms with van der Waals surface area (Å²) in [5, 5.41) is 6.74. The summed E-state index contributed by atoms with van der Waals surface area (Å²) < 4.78 is 0. The Balaban J connectivity index is 1.83. The fourth-order valence-electron chi connectivity index (χ4n) is 1.79. The van der Waals surface area contributed by atoms with Gasteiger partial charge in [-0.25, -0.2) is 0 Å². The highest BCUT2D eigenvalue weighted by Gasteiger charge is 2.11. The van der Waals surface area contributed by atoms with Gasteiger partial charge in [0.25, 0.3) is 0 Å². The van der Waals surface area contributed by atoms with E-state index in [1.165, 1.54) is 0 Å². The van der Waals surface area contributed by atoms with Gasteiger partial charge in [-0.05, 0) is 36.8 Å². The van der Waals surface area contributed by atoms with Gasteiger partial charge in [-0.2, -0.15) is 0 Å². The van der Waals surface area contributed by atoms with Crippen LogP contribution in [0.3, 0.4) is 0 Å². The van der Waals surface area contributed by atoms with Gasteiger partial charge in [0.1, 0.15) is 6.04 Å². The summed E-state index contributed by atoms with van der Waals surface area (Å²) in [4.78, 5) is 12.0. The molecule has 0 saturated heterocycles. The molecular formula is C16H17ClN2O. The number of rotatable bonds is 5. The minimum atomic E-state index is -0.287. The third-order valence-electron chi connectivity index (χ3n) is 2.93. The molecule has 0 aliphatic carbocycles. The Bertz CT molecular complexity index is 554. The van der Waals surface area contributed by atoms with Gasteiger partial charge in [-0.15, -0.1) is 0 Å². The number of amides is 1. The van der Waals surface area contributed by atoms with Crippen LogP contribution < -0.4 is 10.6 Å². The highest BCUT2D eigenvalue weighted by Crippen LogP contribution is 2.10. The molecule has 0 unspecified atom stereocenters. The zero-order valence-corrected chi connectivity index (χ0v) is 12.0. The Morgan fingerprint density at radius 1 is 1.10 bits per heavy atom. The predicted octanol–water partition coefficient (Wildman–Crippen LogP) is 3.46. The second kappa shape index (κ2) is 6.96. The maximum absolute atomic E-state index is 12.0. The van der Waals surface area contributed by atoms with Crippen LogP contribution in [0.15, 0.2) is 54.6 Å². The van der Waals surface area contributed by atoms with Gasteiger partial charge in [0, 0.05) is 17.3 Å². The van der Waals surface area contributed by atoms with Gasteiger partial charge in [0.2, 0.25) is 5.91 Å². The second-order valence-electron chi connectivity index (χ2n) is 4.58. The van der Waals surface area contributed by atoms with Crippen LogP contribution in [-0.4, -0.2) is 11.9 Å². The number of carbonyl (C=O) groups is 1. The van der Waals surface area contributed by atoms with Gasteiger partial charge >= 0.3 is 0 Å². The molecule has 0 fully saturated rings. The molecule has 4 heteroatoms. The van der Waals surface area contributed by atoms with E-state index >= 15 is 0 Å². The topological polar surface area (TPSA) is 41.1 Å². The van der Waals surface area contributed by atoms with Gasteiger partial charge in [0.05, 0.1) is 0 Å². The molecule has 0 radical (unpaired) electrons. The van der Waals surface area contributed by atoms with Crippen molar-refractivity contribution in [2.75, 3.05) is 5.32 Å². The molecule has 0 aliphatic rings. The lowest BCUT2D eigenvalue weighted by Crippen LogP contribution is -2.37. The number of hydrogen-bond acceptors (Lipinski definition) is 2. The summed E-state index contributed by atoms with van der Waals surface area (Å²) in [6, 6.07) is 16.8. The first-order valence-electron chi connectivity index (χ1n) is 6.49. The van der Waals surface area contributed by atoms with Crippen LogP contribution in [0.5, 0.6) is 0 Å². The molecule has 3 nitrogen and oxygen atoms in total. The summed E-state index contributed by atoms with van der Waals surface area (Å²) >= 11 is 5.82. The summed E-state index contributed by atoms with van der Waals surface area (Å²) in [6.45, 7) is 2.33. The molecule has 104 valence electrons. The molecule has 2 aromatic rings. The van der Waals surface area contributed by atoms with Crippen LogP contribution in [0.25, 0.3) is 0 Å². The molecule has 0 bridgehead atoms. The molecule has 1 atom stereocenters. The SMILES string of the molecule is C[C@H](Nc1ccccc1)C(=O)NCc1ccc(Cl)cc1. The smallest absolute Gasteiger partial charge is 0.242 e. The predicted molar refractivity (Wildman–Crippen MR) is 82.8 cm³/mol. The number of anilines is 1. The average Bonchev–Trinajstić information content (AvgIpc) is 2.47. The molecule has 20 heavy (non-hydrogen) atoms. The van der Waals surface area contributed by atoms with E-state index in [4.69, 9.17) is 11.6 Å². The van der Waals surface area contributed by atoms with E-state index in [-0.39, 0.29) is 11.9 Å². The monoisotopic (exact) mass is 288 g/mol. The number of hydrogen-bond donors (Lipinski definition) is 2. The molecule has 1 amide bonds. The normalized spacial score (nSPS) is 11.7. The standard InChI is InChI=1S/C16H17ClN2O/c1-12(19-15-5-3-2-4-6-15)16(20)18-11-13-7-9-14(17)10-8-13/h2-10,12,19H,11H2,1H3,(H,18,20)/t12-/m0/s1. The van der Waals surface area contributed by atoms with Crippen LogP contribution in [0.1, 0.15) is 12.5 Å². The minimum absolute atomic E-state index is 0.0381. The fourth-order valence-corrected chi connectivity index (χ4v) is 1.92. The second-order valence-corrected chi connectivity index (χ2v) is 5.01. The quantitative estimate of drug-likeness (QED) is 0.885. The highest BCUT2D eigenvalue weighted by atomic mass is 35.5. The third kappa shape index (κ3) is 4.28. The van der Waals surface area contributed by atoms with Crippen molar-refractivity contribution in [3.8, 4) is 0 Å². The van der Waals surface area contributed by atoms with Crippen molar-refractivity contribution in [1.82, 2.24) is 5.32 Å². The van der Waals surface area contributed by atoms with Crippen molar-refractivity contribution < 1.29 is 4.79 Å². The maximum Gasteiger partial charge on any atom is 0.242 e. The molecular weight excluding hydrogens is 272 g/mol. The van der Waals surface area contributed by atoms with Gasteiger partial charge in [0.15, 0.2) is 0 Å². The van der Waals surface area contributed by atoms with E-state index in [0.29, 0.717) is 11.6 Å². The lowest BCUT2D eigenvalue weighted by molar-refractivity contribution is -0.121. The van der Waals surface area contributed by atoms with Gasteiger partial charge in [-0.1, -0.05) is 41.9 Å². The Hall–Kier alpha value is -2.00. The Kier molecular flexibility index (Phi) is 5.02. The molecule has 2 rings (SSSR count). The van der Waals surface area contributed by atoms with Gasteiger partial charge < -0.3 is 10.6 Å². The molecule has 2 N–H and O–H groups in total. The summed E-state index contributed by atoms with van der Waals surface area (Å²) in [7, 11) is 0. The number of nitrogens with one attached hydrogen (secondary N) is 2. The van der Waals surface area contributed by atoms with E-state index in [1.807, 2.05) is 61.5 Å². The number of halogens is 1. The Morgan fingerprint density at radius 3 is 2.40 bits per heavy atom. The maximum atomic E-state index is 12.0. The largest absolute Gasteiger partial charge is 0.374 e. The first-order chi connectivity index (χ1) is 9.65. The summed E-state index contributed by atoms with van der Waals surface area (Å²) in [5.41, 5.74) is 1.95. The van der Waals surface area contributed by atoms with E-state index in [0.717, 1.165) is 11.3 Å². The number of para-hydroxylation sites is 1. The molecule has 2 aromatic carbocycles. The van der Waals surface area contributed by atoms with Crippen molar-refractivity contribution >= 4 is 23.2 Å². The zero-order chi connectivity index (χ0) is 14.4. The van der Waals surface area contributed by atoms with E-state index in [1.54, 1.807) is 0 Å². The van der Waals surface area contributed by atoms with Crippen molar-refractivity contribution in [2.45, 2.75) is 19.5 Å². The lowest BCUT2D eigenvalue weighted by atomic mass is 10.2. The van der Waals surface area contributed by atoms with Crippen LogP contribution in [0, 0.1) is 0 Å². The van der Waals surface area contributed by atoms with Crippen molar-refractivity contribution in [1.29, 1.82) is 0 Å². The van der Waals surface area contributed by atoms with Crippen LogP contribution in [0.2, 0.25) is 5.02 Å².